The molecule has 0 aliphatic carbocycles. The van der Waals surface area contributed by atoms with Gasteiger partial charge in [-0.3, -0.25) is 4.79 Å². The largest absolute Gasteiger partial charge is 0.483 e. The summed E-state index contributed by atoms with van der Waals surface area (Å²) in [7, 11) is 0. The molecule has 2 aromatic carbocycles. The van der Waals surface area contributed by atoms with Gasteiger partial charge in [-0.25, -0.2) is 0 Å². The summed E-state index contributed by atoms with van der Waals surface area (Å²) in [5.41, 5.74) is 1.25. The highest BCUT2D eigenvalue weighted by Crippen LogP contribution is 2.31. The van der Waals surface area contributed by atoms with Crippen molar-refractivity contribution in [3.05, 3.63) is 77.7 Å². The second kappa shape index (κ2) is 8.62. The van der Waals surface area contributed by atoms with Crippen LogP contribution in [0.25, 0.3) is 22.8 Å². The van der Waals surface area contributed by atoms with Crippen molar-refractivity contribution in [3.8, 4) is 28.6 Å². The van der Waals surface area contributed by atoms with E-state index < -0.39 is 0 Å². The topological polar surface area (TPSA) is 90.4 Å². The fourth-order valence-electron chi connectivity index (χ4n) is 2.65. The Labute approximate surface area is 171 Å². The van der Waals surface area contributed by atoms with Crippen LogP contribution in [0.4, 0.5) is 0 Å². The van der Waals surface area contributed by atoms with Gasteiger partial charge in [0.2, 0.25) is 5.82 Å². The molecule has 0 atom stereocenters. The quantitative estimate of drug-likeness (QED) is 0.488. The summed E-state index contributed by atoms with van der Waals surface area (Å²) in [6, 6.07) is 17.9. The average Bonchev–Trinajstić information content (AvgIpc) is 3.43. The Morgan fingerprint density at radius 3 is 2.62 bits per heavy atom. The Bertz CT molecular complexity index is 1110. The van der Waals surface area contributed by atoms with Crippen LogP contribution >= 0.6 is 11.6 Å². The molecule has 0 saturated carbocycles. The van der Waals surface area contributed by atoms with Gasteiger partial charge in [-0.1, -0.05) is 41.0 Å². The molecule has 8 heteroatoms. The van der Waals surface area contributed by atoms with Crippen LogP contribution in [0.3, 0.4) is 0 Å². The number of halogens is 1. The van der Waals surface area contributed by atoms with E-state index in [1.165, 1.54) is 0 Å². The molecule has 0 aliphatic rings. The zero-order valence-electron chi connectivity index (χ0n) is 15.2. The van der Waals surface area contributed by atoms with Gasteiger partial charge in [0.25, 0.3) is 11.8 Å². The van der Waals surface area contributed by atoms with Gasteiger partial charge in [-0.05, 0) is 36.4 Å². The maximum atomic E-state index is 12.0. The lowest BCUT2D eigenvalue weighted by Crippen LogP contribution is -2.28. The van der Waals surface area contributed by atoms with Crippen molar-refractivity contribution in [1.29, 1.82) is 0 Å². The monoisotopic (exact) mass is 409 g/mol. The smallest absolute Gasteiger partial charge is 0.262 e. The number of furan rings is 1. The summed E-state index contributed by atoms with van der Waals surface area (Å²) >= 11 is 6.20. The minimum Gasteiger partial charge on any atom is -0.483 e. The van der Waals surface area contributed by atoms with Gasteiger partial charge < -0.3 is 19.0 Å². The molecule has 0 bridgehead atoms. The molecule has 29 heavy (non-hydrogen) atoms. The van der Waals surface area contributed by atoms with Crippen LogP contribution in [0.1, 0.15) is 5.76 Å². The maximum absolute atomic E-state index is 12.0. The second-order valence-corrected chi connectivity index (χ2v) is 6.45. The summed E-state index contributed by atoms with van der Waals surface area (Å²) in [6.45, 7) is 0.130. The van der Waals surface area contributed by atoms with E-state index in [1.807, 2.05) is 24.3 Å². The Hall–Kier alpha value is -3.58. The molecule has 0 saturated heterocycles. The maximum Gasteiger partial charge on any atom is 0.262 e. The molecule has 146 valence electrons. The number of carbonyl (C=O) groups is 1. The van der Waals surface area contributed by atoms with Crippen molar-refractivity contribution >= 4 is 17.5 Å². The van der Waals surface area contributed by atoms with Crippen molar-refractivity contribution in [2.45, 2.75) is 6.54 Å². The number of para-hydroxylation sites is 1. The molecule has 0 fully saturated rings. The Morgan fingerprint density at radius 2 is 1.83 bits per heavy atom. The van der Waals surface area contributed by atoms with Gasteiger partial charge in [0.05, 0.1) is 23.4 Å². The Kier molecular flexibility index (Phi) is 5.58. The van der Waals surface area contributed by atoms with E-state index in [-0.39, 0.29) is 18.4 Å². The number of hydrogen-bond donors (Lipinski definition) is 1. The van der Waals surface area contributed by atoms with Crippen LogP contribution in [-0.4, -0.2) is 22.7 Å². The van der Waals surface area contributed by atoms with E-state index in [0.717, 1.165) is 0 Å². The summed E-state index contributed by atoms with van der Waals surface area (Å²) < 4.78 is 16.2. The van der Waals surface area contributed by atoms with Gasteiger partial charge in [0, 0.05) is 5.56 Å². The number of aromatic nitrogens is 2. The third kappa shape index (κ3) is 4.47. The number of nitrogens with one attached hydrogen (secondary N) is 1. The molecule has 1 N–H and O–H groups in total. The zero-order chi connectivity index (χ0) is 20.1. The van der Waals surface area contributed by atoms with Crippen LogP contribution in [0, 0.1) is 0 Å². The van der Waals surface area contributed by atoms with E-state index in [4.69, 9.17) is 25.3 Å². The highest BCUT2D eigenvalue weighted by molar-refractivity contribution is 6.33. The average molecular weight is 410 g/mol. The van der Waals surface area contributed by atoms with Crippen LogP contribution < -0.4 is 10.1 Å². The van der Waals surface area contributed by atoms with Crippen LogP contribution in [0.5, 0.6) is 5.75 Å². The van der Waals surface area contributed by atoms with Gasteiger partial charge in [-0.15, -0.1) is 0 Å². The lowest BCUT2D eigenvalue weighted by molar-refractivity contribution is -0.123. The van der Waals surface area contributed by atoms with Gasteiger partial charge in [0.1, 0.15) is 11.5 Å². The molecule has 0 aliphatic heterocycles. The first kappa shape index (κ1) is 18.8. The first-order valence-electron chi connectivity index (χ1n) is 8.80. The van der Waals surface area contributed by atoms with Crippen molar-refractivity contribution < 1.29 is 18.5 Å². The number of rotatable bonds is 7. The standard InChI is InChI=1S/C21H16ClN3O4/c22-17-9-3-1-7-15(17)20-24-21(29-25-20)16-8-2-4-10-18(16)28-13-19(26)23-12-14-6-5-11-27-14/h1-11H,12-13H2,(H,23,26). The number of benzene rings is 2. The number of ether oxygens (including phenoxy) is 1. The van der Waals surface area contributed by atoms with Gasteiger partial charge >= 0.3 is 0 Å². The highest BCUT2D eigenvalue weighted by atomic mass is 35.5. The molecule has 0 spiro atoms. The SMILES string of the molecule is O=C(COc1ccccc1-c1nc(-c2ccccc2Cl)no1)NCc1ccco1. The third-order valence-corrected chi connectivity index (χ3v) is 4.39. The molecule has 2 heterocycles. The number of nitrogens with zero attached hydrogens (tertiary/aromatic N) is 2. The first-order chi connectivity index (χ1) is 14.2. The minimum atomic E-state index is -0.279. The van der Waals surface area contributed by atoms with E-state index in [9.17, 15) is 4.79 Å². The van der Waals surface area contributed by atoms with Crippen molar-refractivity contribution in [1.82, 2.24) is 15.5 Å². The molecule has 7 nitrogen and oxygen atoms in total. The van der Waals surface area contributed by atoms with E-state index in [0.29, 0.717) is 40.0 Å². The molecule has 1 amide bonds. The fourth-order valence-corrected chi connectivity index (χ4v) is 2.87. The molecule has 2 aromatic heterocycles. The Morgan fingerprint density at radius 1 is 1.03 bits per heavy atom. The molecule has 4 aromatic rings. The Balaban J connectivity index is 1.46. The summed E-state index contributed by atoms with van der Waals surface area (Å²) in [5.74, 6) is 1.48. The minimum absolute atomic E-state index is 0.163. The zero-order valence-corrected chi connectivity index (χ0v) is 15.9. The number of amides is 1. The summed E-state index contributed by atoms with van der Waals surface area (Å²) in [5, 5.41) is 7.25. The van der Waals surface area contributed by atoms with Crippen LogP contribution in [-0.2, 0) is 11.3 Å². The molecular formula is C21H16ClN3O4. The van der Waals surface area contributed by atoms with E-state index >= 15 is 0 Å². The molecular weight excluding hydrogens is 394 g/mol. The van der Waals surface area contributed by atoms with Gasteiger partial charge in [0.15, 0.2) is 6.61 Å². The predicted molar refractivity (Wildman–Crippen MR) is 106 cm³/mol. The van der Waals surface area contributed by atoms with E-state index in [2.05, 4.69) is 15.5 Å². The normalized spacial score (nSPS) is 10.7. The lowest BCUT2D eigenvalue weighted by Gasteiger charge is -2.09. The predicted octanol–water partition coefficient (Wildman–Crippen LogP) is 4.35. The first-order valence-corrected chi connectivity index (χ1v) is 9.18. The van der Waals surface area contributed by atoms with Crippen LogP contribution in [0.2, 0.25) is 5.02 Å². The van der Waals surface area contributed by atoms with Crippen molar-refractivity contribution in [2.75, 3.05) is 6.61 Å². The summed E-state index contributed by atoms with van der Waals surface area (Å²) in [6.07, 6.45) is 1.55. The second-order valence-electron chi connectivity index (χ2n) is 6.04. The summed E-state index contributed by atoms with van der Waals surface area (Å²) in [4.78, 5) is 16.5. The number of carbonyl (C=O) groups excluding carboxylic acids is 1. The van der Waals surface area contributed by atoms with Gasteiger partial charge in [-0.2, -0.15) is 4.98 Å². The fraction of sp³-hybridized carbons (Fsp3) is 0.0952. The molecule has 0 radical (unpaired) electrons. The number of hydrogen-bond acceptors (Lipinski definition) is 6. The lowest BCUT2D eigenvalue weighted by atomic mass is 10.2. The highest BCUT2D eigenvalue weighted by Gasteiger charge is 2.17. The van der Waals surface area contributed by atoms with Crippen molar-refractivity contribution in [2.24, 2.45) is 0 Å². The molecule has 4 rings (SSSR count). The van der Waals surface area contributed by atoms with E-state index in [1.54, 1.807) is 42.7 Å². The molecule has 0 unspecified atom stereocenters. The third-order valence-electron chi connectivity index (χ3n) is 4.06. The van der Waals surface area contributed by atoms with Crippen LogP contribution in [0.15, 0.2) is 75.9 Å². The van der Waals surface area contributed by atoms with Crippen molar-refractivity contribution in [3.63, 3.8) is 0 Å².